The number of piperazine rings is 1. The minimum absolute atomic E-state index is 0. The van der Waals surface area contributed by atoms with Crippen molar-refractivity contribution >= 4 is 24.8 Å². The summed E-state index contributed by atoms with van der Waals surface area (Å²) in [4.78, 5) is 8.97. The number of methoxy groups -OCH3 is 3. The van der Waals surface area contributed by atoms with E-state index in [1.807, 2.05) is 12.1 Å². The Morgan fingerprint density at radius 1 is 0.931 bits per heavy atom. The number of hydrogen-bond donors (Lipinski definition) is 1. The average molecular weight is 450 g/mol. The van der Waals surface area contributed by atoms with E-state index in [2.05, 4.69) is 19.9 Å². The van der Waals surface area contributed by atoms with Crippen LogP contribution in [-0.4, -0.2) is 67.4 Å². The van der Waals surface area contributed by atoms with Crippen LogP contribution in [0.2, 0.25) is 0 Å². The maximum absolute atomic E-state index is 5.59. The molecule has 0 radical (unpaired) electrons. The monoisotopic (exact) mass is 449 g/mol. The van der Waals surface area contributed by atoms with Crippen molar-refractivity contribution in [2.24, 2.45) is 5.73 Å². The average Bonchev–Trinajstić information content (AvgIpc) is 3.16. The van der Waals surface area contributed by atoms with E-state index in [9.17, 15) is 0 Å². The number of benzene rings is 1. The standard InChI is InChI=1S/C18H27N5O4.2ClH/c1-24-14-5-4-13(17(25-2)18(14)26-3)11-22-6-8-23(9-7-22)12-15-20-16(10-19)27-21-15;;/h4-5H,6-12,19H2,1-3H3;2*1H. The Balaban J connectivity index is 0.00000210. The lowest BCUT2D eigenvalue weighted by Crippen LogP contribution is -2.45. The first-order valence-electron chi connectivity index (χ1n) is 8.92. The number of halogens is 2. The lowest BCUT2D eigenvalue weighted by atomic mass is 10.1. The minimum Gasteiger partial charge on any atom is -0.493 e. The molecule has 2 N–H and O–H groups in total. The van der Waals surface area contributed by atoms with E-state index in [1.165, 1.54) is 0 Å². The van der Waals surface area contributed by atoms with Crippen LogP contribution in [0, 0.1) is 0 Å². The molecule has 1 fully saturated rings. The quantitative estimate of drug-likeness (QED) is 0.645. The SMILES string of the molecule is COc1ccc(CN2CCN(Cc3noc(CN)n3)CC2)c(OC)c1OC.Cl.Cl. The Bertz CT molecular complexity index is 754. The summed E-state index contributed by atoms with van der Waals surface area (Å²) in [6.07, 6.45) is 0. The van der Waals surface area contributed by atoms with Gasteiger partial charge in [0, 0.05) is 38.3 Å². The molecule has 0 spiro atoms. The van der Waals surface area contributed by atoms with Gasteiger partial charge in [-0.05, 0) is 6.07 Å². The predicted molar refractivity (Wildman–Crippen MR) is 113 cm³/mol. The minimum atomic E-state index is 0. The molecule has 9 nitrogen and oxygen atoms in total. The molecule has 1 aromatic carbocycles. The van der Waals surface area contributed by atoms with Crippen LogP contribution in [0.4, 0.5) is 0 Å². The zero-order valence-corrected chi connectivity index (χ0v) is 18.6. The number of rotatable bonds is 8. The molecule has 1 aliphatic rings. The Morgan fingerprint density at radius 2 is 1.55 bits per heavy atom. The molecular weight excluding hydrogens is 421 g/mol. The van der Waals surface area contributed by atoms with Gasteiger partial charge in [0.15, 0.2) is 17.3 Å². The van der Waals surface area contributed by atoms with E-state index in [0.717, 1.165) is 44.0 Å². The van der Waals surface area contributed by atoms with Crippen molar-refractivity contribution in [3.8, 4) is 17.2 Å². The highest BCUT2D eigenvalue weighted by Gasteiger charge is 2.22. The van der Waals surface area contributed by atoms with Gasteiger partial charge in [-0.2, -0.15) is 4.98 Å². The third-order valence-corrected chi connectivity index (χ3v) is 4.69. The molecule has 0 amide bonds. The summed E-state index contributed by atoms with van der Waals surface area (Å²) >= 11 is 0. The third kappa shape index (κ3) is 6.10. The van der Waals surface area contributed by atoms with Crippen LogP contribution in [0.3, 0.4) is 0 Å². The normalized spacial score (nSPS) is 14.6. The van der Waals surface area contributed by atoms with Crippen molar-refractivity contribution in [1.29, 1.82) is 0 Å². The number of aromatic nitrogens is 2. The lowest BCUT2D eigenvalue weighted by Gasteiger charge is -2.34. The topological polar surface area (TPSA) is 99.1 Å². The highest BCUT2D eigenvalue weighted by Crippen LogP contribution is 2.40. The molecular formula is C18H29Cl2N5O4. The molecule has 3 rings (SSSR count). The summed E-state index contributed by atoms with van der Waals surface area (Å²) in [5.41, 5.74) is 6.58. The van der Waals surface area contributed by atoms with E-state index in [4.69, 9.17) is 24.5 Å². The van der Waals surface area contributed by atoms with Crippen molar-refractivity contribution in [3.05, 3.63) is 29.4 Å². The Morgan fingerprint density at radius 3 is 2.07 bits per heavy atom. The van der Waals surface area contributed by atoms with Crippen molar-refractivity contribution in [2.75, 3.05) is 47.5 Å². The van der Waals surface area contributed by atoms with Crippen molar-refractivity contribution < 1.29 is 18.7 Å². The maximum Gasteiger partial charge on any atom is 0.240 e. The van der Waals surface area contributed by atoms with Crippen LogP contribution in [0.15, 0.2) is 16.7 Å². The van der Waals surface area contributed by atoms with Gasteiger partial charge in [0.1, 0.15) is 0 Å². The highest BCUT2D eigenvalue weighted by molar-refractivity contribution is 5.85. The van der Waals surface area contributed by atoms with Gasteiger partial charge >= 0.3 is 0 Å². The molecule has 2 aromatic rings. The van der Waals surface area contributed by atoms with Gasteiger partial charge in [-0.25, -0.2) is 0 Å². The van der Waals surface area contributed by atoms with E-state index in [0.29, 0.717) is 29.8 Å². The molecule has 0 saturated carbocycles. The van der Waals surface area contributed by atoms with E-state index in [1.54, 1.807) is 21.3 Å². The molecule has 0 atom stereocenters. The second-order valence-electron chi connectivity index (χ2n) is 6.35. The summed E-state index contributed by atoms with van der Waals surface area (Å²) in [5, 5.41) is 3.96. The molecule has 1 aromatic heterocycles. The number of ether oxygens (including phenoxy) is 3. The first-order chi connectivity index (χ1) is 13.2. The second-order valence-corrected chi connectivity index (χ2v) is 6.35. The molecule has 0 unspecified atom stereocenters. The fourth-order valence-electron chi connectivity index (χ4n) is 3.27. The Kier molecular flexibility index (Phi) is 10.5. The zero-order chi connectivity index (χ0) is 19.2. The van der Waals surface area contributed by atoms with Crippen LogP contribution >= 0.6 is 24.8 Å². The van der Waals surface area contributed by atoms with Gasteiger partial charge in [-0.3, -0.25) is 9.80 Å². The summed E-state index contributed by atoms with van der Waals surface area (Å²) < 4.78 is 21.5. The van der Waals surface area contributed by atoms with Crippen LogP contribution in [-0.2, 0) is 19.6 Å². The molecule has 11 heteroatoms. The third-order valence-electron chi connectivity index (χ3n) is 4.69. The molecule has 1 aliphatic heterocycles. The lowest BCUT2D eigenvalue weighted by molar-refractivity contribution is 0.118. The predicted octanol–water partition coefficient (Wildman–Crippen LogP) is 1.72. The summed E-state index contributed by atoms with van der Waals surface area (Å²) in [5.74, 6) is 3.18. The van der Waals surface area contributed by atoms with Crippen LogP contribution in [0.25, 0.3) is 0 Å². The van der Waals surface area contributed by atoms with Crippen molar-refractivity contribution in [2.45, 2.75) is 19.6 Å². The number of hydrogen-bond acceptors (Lipinski definition) is 9. The van der Waals surface area contributed by atoms with Gasteiger partial charge < -0.3 is 24.5 Å². The van der Waals surface area contributed by atoms with Crippen molar-refractivity contribution in [3.63, 3.8) is 0 Å². The largest absolute Gasteiger partial charge is 0.493 e. The first-order valence-corrected chi connectivity index (χ1v) is 8.92. The summed E-state index contributed by atoms with van der Waals surface area (Å²) in [6, 6.07) is 3.94. The smallest absolute Gasteiger partial charge is 0.240 e. The van der Waals surface area contributed by atoms with Crippen LogP contribution in [0.1, 0.15) is 17.3 Å². The van der Waals surface area contributed by atoms with Gasteiger partial charge in [0.05, 0.1) is 34.4 Å². The number of nitrogens with zero attached hydrogens (tertiary/aromatic N) is 4. The van der Waals surface area contributed by atoms with Gasteiger partial charge in [-0.1, -0.05) is 11.2 Å². The number of nitrogens with two attached hydrogens (primary N) is 1. The summed E-state index contributed by atoms with van der Waals surface area (Å²) in [6.45, 7) is 5.49. The summed E-state index contributed by atoms with van der Waals surface area (Å²) in [7, 11) is 4.90. The van der Waals surface area contributed by atoms with E-state index < -0.39 is 0 Å². The van der Waals surface area contributed by atoms with Gasteiger partial charge in [-0.15, -0.1) is 24.8 Å². The van der Waals surface area contributed by atoms with Crippen LogP contribution in [0.5, 0.6) is 17.2 Å². The molecule has 0 aliphatic carbocycles. The van der Waals surface area contributed by atoms with Gasteiger partial charge in [0.2, 0.25) is 11.6 Å². The first kappa shape index (κ1) is 25.3. The van der Waals surface area contributed by atoms with Crippen molar-refractivity contribution in [1.82, 2.24) is 19.9 Å². The van der Waals surface area contributed by atoms with Gasteiger partial charge in [0.25, 0.3) is 0 Å². The highest BCUT2D eigenvalue weighted by atomic mass is 35.5. The van der Waals surface area contributed by atoms with E-state index >= 15 is 0 Å². The molecule has 1 saturated heterocycles. The fourth-order valence-corrected chi connectivity index (χ4v) is 3.27. The van der Waals surface area contributed by atoms with Crippen LogP contribution < -0.4 is 19.9 Å². The molecule has 0 bridgehead atoms. The second kappa shape index (κ2) is 12.0. The fraction of sp³-hybridized carbons (Fsp3) is 0.556. The molecule has 164 valence electrons. The molecule has 29 heavy (non-hydrogen) atoms. The Labute approximate surface area is 183 Å². The molecule has 2 heterocycles. The zero-order valence-electron chi connectivity index (χ0n) is 16.9. The van der Waals surface area contributed by atoms with E-state index in [-0.39, 0.29) is 31.4 Å². The Hall–Kier alpha value is -1.78. The maximum atomic E-state index is 5.59.